The van der Waals surface area contributed by atoms with Crippen molar-refractivity contribution >= 4 is 18.7 Å². The molecule has 2 aromatic rings. The Morgan fingerprint density at radius 3 is 1.98 bits per heavy atom. The van der Waals surface area contributed by atoms with E-state index in [-0.39, 0.29) is 10.8 Å². The molecule has 0 saturated heterocycles. The van der Waals surface area contributed by atoms with E-state index in [4.69, 9.17) is 4.43 Å². The topological polar surface area (TPSA) is 29.5 Å². The van der Waals surface area contributed by atoms with Crippen LogP contribution in [0.25, 0.3) is 0 Å². The van der Waals surface area contributed by atoms with E-state index in [9.17, 15) is 5.11 Å². The Hall–Kier alpha value is -1.68. The molecule has 268 valence electrons. The van der Waals surface area contributed by atoms with Crippen LogP contribution in [-0.4, -0.2) is 19.2 Å². The first kappa shape index (κ1) is 35.7. The van der Waals surface area contributed by atoms with Crippen molar-refractivity contribution in [1.29, 1.82) is 0 Å². The molecule has 0 spiro atoms. The monoisotopic (exact) mass is 680 g/mol. The van der Waals surface area contributed by atoms with Crippen LogP contribution in [0, 0.1) is 56.7 Å². The van der Waals surface area contributed by atoms with Crippen molar-refractivity contribution in [3.05, 3.63) is 72.8 Å². The second kappa shape index (κ2) is 12.2. The van der Waals surface area contributed by atoms with Gasteiger partial charge in [0.15, 0.2) is 5.79 Å². The average Bonchev–Trinajstić information content (AvgIpc) is 3.44. The van der Waals surface area contributed by atoms with Gasteiger partial charge in [0.1, 0.15) is 0 Å². The zero-order chi connectivity index (χ0) is 35.1. The second-order valence-corrected chi connectivity index (χ2v) is 23.1. The third-order valence-electron chi connectivity index (χ3n) is 17.3. The molecule has 5 saturated carbocycles. The molecule has 0 heterocycles. The Kier molecular flexibility index (Phi) is 8.89. The molecular formula is C46H68O2Si. The summed E-state index contributed by atoms with van der Waals surface area (Å²) in [5, 5.41) is 15.8. The Morgan fingerprint density at radius 1 is 0.755 bits per heavy atom. The second-order valence-electron chi connectivity index (χ2n) is 19.6. The minimum absolute atomic E-state index is 0.192. The zero-order valence-corrected chi connectivity index (χ0v) is 33.4. The van der Waals surface area contributed by atoms with Crippen molar-refractivity contribution in [3.8, 4) is 0 Å². The van der Waals surface area contributed by atoms with Crippen molar-refractivity contribution < 1.29 is 9.53 Å². The number of benzene rings is 2. The van der Waals surface area contributed by atoms with Gasteiger partial charge in [-0.05, 0) is 132 Å². The molecule has 5 fully saturated rings. The zero-order valence-electron chi connectivity index (χ0n) is 32.4. The standard InChI is InChI=1S/C46H68O2Si/c1-10-11-32-49(34-18-14-12-15-19-34,35-20-16-13-17-21-35)48-46(47)31-29-43(7)38(41(46,4)5)25-27-45(9)39(43)23-22-37-40-36(33(2)3)24-26-42(40,6)28-30-44(37,45)8/h12-21,36-40,47H,2,10-11,22-32H2,1,3-9H3/t36-,37+,38-,39+,40+,42+,43-,44+,45+,46?/m0/s1. The van der Waals surface area contributed by atoms with E-state index >= 15 is 0 Å². The maximum absolute atomic E-state index is 13.2. The first-order valence-electron chi connectivity index (χ1n) is 20.3. The molecule has 0 aliphatic heterocycles. The summed E-state index contributed by atoms with van der Waals surface area (Å²) in [4.78, 5) is 0. The lowest BCUT2D eigenvalue weighted by Crippen LogP contribution is -2.72. The molecular weight excluding hydrogens is 613 g/mol. The number of rotatable bonds is 8. The van der Waals surface area contributed by atoms with E-state index in [0.717, 1.165) is 43.6 Å². The normalized spacial score (nSPS) is 42.8. The number of unbranched alkanes of at least 4 members (excludes halogenated alkanes) is 1. The van der Waals surface area contributed by atoms with Gasteiger partial charge in [-0.3, -0.25) is 0 Å². The third-order valence-corrected chi connectivity index (χ3v) is 21.6. The van der Waals surface area contributed by atoms with Crippen LogP contribution in [0.15, 0.2) is 72.8 Å². The first-order valence-corrected chi connectivity index (χ1v) is 22.4. The van der Waals surface area contributed by atoms with E-state index in [1.165, 1.54) is 67.3 Å². The van der Waals surface area contributed by atoms with Gasteiger partial charge in [-0.1, -0.05) is 134 Å². The summed E-state index contributed by atoms with van der Waals surface area (Å²) < 4.78 is 7.70. The van der Waals surface area contributed by atoms with Gasteiger partial charge in [0, 0.05) is 11.8 Å². The van der Waals surface area contributed by atoms with Gasteiger partial charge >= 0.3 is 0 Å². The highest BCUT2D eigenvalue weighted by Gasteiger charge is 2.72. The molecule has 0 amide bonds. The van der Waals surface area contributed by atoms with Crippen molar-refractivity contribution in [2.24, 2.45) is 56.7 Å². The highest BCUT2D eigenvalue weighted by molar-refractivity contribution is 6.97. The van der Waals surface area contributed by atoms with Gasteiger partial charge in [0.25, 0.3) is 8.32 Å². The fourth-order valence-corrected chi connectivity index (χ4v) is 18.9. The van der Waals surface area contributed by atoms with Crippen LogP contribution in [0.5, 0.6) is 0 Å². The highest BCUT2D eigenvalue weighted by atomic mass is 28.4. The smallest absolute Gasteiger partial charge is 0.259 e. The molecule has 0 radical (unpaired) electrons. The Balaban J connectivity index is 1.24. The molecule has 2 nitrogen and oxygen atoms in total. The van der Waals surface area contributed by atoms with Crippen molar-refractivity contribution in [3.63, 3.8) is 0 Å². The predicted octanol–water partition coefficient (Wildman–Crippen LogP) is 10.9. The van der Waals surface area contributed by atoms with Gasteiger partial charge in [-0.15, -0.1) is 0 Å². The summed E-state index contributed by atoms with van der Waals surface area (Å²) in [5.74, 6) is 2.23. The fourth-order valence-electron chi connectivity index (χ4n) is 14.4. The van der Waals surface area contributed by atoms with Crippen LogP contribution in [0.3, 0.4) is 0 Å². The predicted molar refractivity (Wildman–Crippen MR) is 208 cm³/mol. The lowest BCUT2D eigenvalue weighted by molar-refractivity contribution is -0.312. The number of hydrogen-bond acceptors (Lipinski definition) is 2. The molecule has 2 aromatic carbocycles. The molecule has 1 N–H and O–H groups in total. The summed E-state index contributed by atoms with van der Waals surface area (Å²) in [6, 6.07) is 23.0. The molecule has 3 heteroatoms. The van der Waals surface area contributed by atoms with Crippen molar-refractivity contribution in [1.82, 2.24) is 0 Å². The molecule has 7 rings (SSSR count). The maximum atomic E-state index is 13.2. The number of fused-ring (bicyclic) bond motifs is 7. The van der Waals surface area contributed by atoms with Gasteiger partial charge in [-0.25, -0.2) is 0 Å². The quantitative estimate of drug-likeness (QED) is 0.171. The molecule has 0 bridgehead atoms. The number of allylic oxidation sites excluding steroid dienone is 1. The summed E-state index contributed by atoms with van der Waals surface area (Å²) in [5.41, 5.74) is 2.45. The third kappa shape index (κ3) is 5.04. The van der Waals surface area contributed by atoms with Gasteiger partial charge in [-0.2, -0.15) is 0 Å². The minimum atomic E-state index is -2.78. The summed E-state index contributed by atoms with van der Waals surface area (Å²) in [6.07, 6.45) is 14.7. The summed E-state index contributed by atoms with van der Waals surface area (Å²) in [7, 11) is -2.78. The molecule has 5 aliphatic rings. The molecule has 49 heavy (non-hydrogen) atoms. The Labute approximate surface area is 301 Å². The van der Waals surface area contributed by atoms with Crippen LogP contribution in [0.1, 0.15) is 132 Å². The summed E-state index contributed by atoms with van der Waals surface area (Å²) >= 11 is 0. The van der Waals surface area contributed by atoms with E-state index in [1.54, 1.807) is 0 Å². The van der Waals surface area contributed by atoms with Crippen LogP contribution >= 0.6 is 0 Å². The van der Waals surface area contributed by atoms with Crippen LogP contribution < -0.4 is 10.4 Å². The lowest BCUT2D eigenvalue weighted by atomic mass is 9.32. The largest absolute Gasteiger partial charge is 0.381 e. The van der Waals surface area contributed by atoms with Crippen LogP contribution in [0.4, 0.5) is 0 Å². The van der Waals surface area contributed by atoms with Crippen molar-refractivity contribution in [2.75, 3.05) is 0 Å². The SMILES string of the molecule is C=C(C)[C@@H]1CC[C@]2(C)CC[C@]3(C)[C@H](CC[C@@H]4[C@@]5(C)CCC(O)(O[Si](CCCC)(c6ccccc6)c6ccccc6)C(C)(C)[C@@H]5CC[C@]43C)[C@@H]12. The fraction of sp³-hybridized carbons (Fsp3) is 0.696. The lowest BCUT2D eigenvalue weighted by Gasteiger charge is -2.73. The molecule has 10 atom stereocenters. The van der Waals surface area contributed by atoms with E-state index in [0.29, 0.717) is 34.0 Å². The van der Waals surface area contributed by atoms with Gasteiger partial charge in [0.05, 0.1) is 0 Å². The Bertz CT molecular complexity index is 1480. The van der Waals surface area contributed by atoms with Crippen molar-refractivity contribution in [2.45, 2.75) is 144 Å². The summed E-state index contributed by atoms with van der Waals surface area (Å²) in [6.45, 7) is 24.8. The minimum Gasteiger partial charge on any atom is -0.381 e. The average molecular weight is 681 g/mol. The molecule has 5 aliphatic carbocycles. The van der Waals surface area contributed by atoms with E-state index < -0.39 is 14.1 Å². The molecule has 0 aromatic heterocycles. The van der Waals surface area contributed by atoms with Gasteiger partial charge in [0.2, 0.25) is 0 Å². The molecule has 1 unspecified atom stereocenters. The number of hydrogen-bond donors (Lipinski definition) is 1. The maximum Gasteiger partial charge on any atom is 0.259 e. The number of aliphatic hydroxyl groups is 1. The van der Waals surface area contributed by atoms with E-state index in [2.05, 4.69) is 123 Å². The van der Waals surface area contributed by atoms with Crippen LogP contribution in [-0.2, 0) is 4.43 Å². The highest BCUT2D eigenvalue weighted by Crippen LogP contribution is 2.78. The van der Waals surface area contributed by atoms with E-state index in [1.807, 2.05) is 0 Å². The van der Waals surface area contributed by atoms with Crippen LogP contribution in [0.2, 0.25) is 6.04 Å². The van der Waals surface area contributed by atoms with Gasteiger partial charge < -0.3 is 9.53 Å². The first-order chi connectivity index (χ1) is 23.1. The Morgan fingerprint density at radius 2 is 1.39 bits per heavy atom.